The Morgan fingerprint density at radius 2 is 1.94 bits per heavy atom. The first-order chi connectivity index (χ1) is 15.9. The summed E-state index contributed by atoms with van der Waals surface area (Å²) in [4.78, 5) is 40.5. The lowest BCUT2D eigenvalue weighted by atomic mass is 9.76. The molecule has 2 N–H and O–H groups in total. The summed E-state index contributed by atoms with van der Waals surface area (Å²) in [7, 11) is 1.59. The molecule has 5 rings (SSSR count). The molecule has 0 radical (unpaired) electrons. The molecule has 2 heterocycles. The maximum absolute atomic E-state index is 13.6. The van der Waals surface area contributed by atoms with Gasteiger partial charge in [-0.2, -0.15) is 0 Å². The van der Waals surface area contributed by atoms with E-state index >= 15 is 0 Å². The molecule has 33 heavy (non-hydrogen) atoms. The smallest absolute Gasteiger partial charge is 0.326 e. The van der Waals surface area contributed by atoms with Gasteiger partial charge in [-0.25, -0.2) is 9.69 Å². The molecule has 2 aromatic rings. The van der Waals surface area contributed by atoms with E-state index in [0.29, 0.717) is 42.6 Å². The summed E-state index contributed by atoms with van der Waals surface area (Å²) < 4.78 is 16.4. The summed E-state index contributed by atoms with van der Waals surface area (Å²) in [6.45, 7) is 2.44. The molecule has 2 aromatic carbocycles. The first-order valence-electron chi connectivity index (χ1n) is 11.0. The summed E-state index contributed by atoms with van der Waals surface area (Å²) in [6, 6.07) is 9.00. The summed E-state index contributed by atoms with van der Waals surface area (Å²) in [6.07, 6.45) is 2.00. The Hall–Kier alpha value is -3.75. The van der Waals surface area contributed by atoms with Gasteiger partial charge in [0.1, 0.15) is 30.5 Å². The molecular weight excluding hydrogens is 426 g/mol. The van der Waals surface area contributed by atoms with Crippen molar-refractivity contribution < 1.29 is 28.6 Å². The number of imide groups is 1. The Labute approximate surface area is 191 Å². The number of fused-ring (bicyclic) bond motifs is 3. The van der Waals surface area contributed by atoms with Crippen molar-refractivity contribution in [2.45, 2.75) is 37.8 Å². The normalized spacial score (nSPS) is 21.9. The van der Waals surface area contributed by atoms with Crippen LogP contribution in [0.4, 0.5) is 10.5 Å². The summed E-state index contributed by atoms with van der Waals surface area (Å²) in [5.41, 5.74) is 1.05. The highest BCUT2D eigenvalue weighted by molar-refractivity contribution is 6.11. The van der Waals surface area contributed by atoms with Crippen LogP contribution in [-0.4, -0.2) is 49.1 Å². The Balaban J connectivity index is 1.38. The third-order valence-corrected chi connectivity index (χ3v) is 6.47. The number of nitrogens with zero attached hydrogens (tertiary/aromatic N) is 1. The molecular formula is C24H25N3O6. The van der Waals surface area contributed by atoms with E-state index in [-0.39, 0.29) is 0 Å². The highest BCUT2D eigenvalue weighted by atomic mass is 16.6. The maximum atomic E-state index is 13.6. The van der Waals surface area contributed by atoms with Gasteiger partial charge in [0.15, 0.2) is 11.5 Å². The highest BCUT2D eigenvalue weighted by Gasteiger charge is 2.56. The Morgan fingerprint density at radius 3 is 2.73 bits per heavy atom. The van der Waals surface area contributed by atoms with Crippen LogP contribution in [0, 0.1) is 0 Å². The van der Waals surface area contributed by atoms with Crippen LogP contribution in [0.25, 0.3) is 0 Å². The number of amides is 4. The standard InChI is InChI=1S/C24H25N3O6/c1-14(21(28)25-16-5-8-19-20(13-16)33-11-10-32-19)27-22(29)24(26-23(27)30)9-3-4-15-12-17(31-2)6-7-18(15)24/h5-8,12-14H,3-4,9-11H2,1-2H3,(H,25,28)(H,26,30)/t14-,24+/m1/s1. The zero-order chi connectivity index (χ0) is 23.2. The number of ether oxygens (including phenoxy) is 3. The lowest BCUT2D eigenvalue weighted by molar-refractivity contribution is -0.137. The quantitative estimate of drug-likeness (QED) is 0.692. The number of aryl methyl sites for hydroxylation is 1. The average molecular weight is 451 g/mol. The van der Waals surface area contributed by atoms with Crippen LogP contribution in [0.2, 0.25) is 0 Å². The van der Waals surface area contributed by atoms with Crippen LogP contribution in [0.15, 0.2) is 36.4 Å². The number of nitrogens with one attached hydrogen (secondary N) is 2. The summed E-state index contributed by atoms with van der Waals surface area (Å²) in [5.74, 6) is 0.957. The molecule has 0 bridgehead atoms. The van der Waals surface area contributed by atoms with Crippen molar-refractivity contribution in [1.82, 2.24) is 10.2 Å². The zero-order valence-electron chi connectivity index (χ0n) is 18.5. The Bertz CT molecular complexity index is 1150. The van der Waals surface area contributed by atoms with Crippen molar-refractivity contribution in [2.75, 3.05) is 25.6 Å². The van der Waals surface area contributed by atoms with E-state index in [1.807, 2.05) is 12.1 Å². The number of rotatable bonds is 4. The number of carbonyl (C=O) groups is 3. The largest absolute Gasteiger partial charge is 0.497 e. The van der Waals surface area contributed by atoms with Gasteiger partial charge in [-0.1, -0.05) is 6.07 Å². The van der Waals surface area contributed by atoms with E-state index in [1.165, 1.54) is 0 Å². The number of benzene rings is 2. The Kier molecular flexibility index (Phi) is 5.11. The molecule has 0 saturated carbocycles. The van der Waals surface area contributed by atoms with Crippen LogP contribution >= 0.6 is 0 Å². The molecule has 1 spiro atoms. The van der Waals surface area contributed by atoms with Crippen molar-refractivity contribution in [3.8, 4) is 17.2 Å². The first kappa shape index (κ1) is 21.1. The molecule has 9 heteroatoms. The highest BCUT2D eigenvalue weighted by Crippen LogP contribution is 2.42. The van der Waals surface area contributed by atoms with Crippen LogP contribution in [0.3, 0.4) is 0 Å². The van der Waals surface area contributed by atoms with Crippen LogP contribution in [0.1, 0.15) is 30.9 Å². The maximum Gasteiger partial charge on any atom is 0.326 e. The predicted molar refractivity (Wildman–Crippen MR) is 119 cm³/mol. The molecule has 1 fully saturated rings. The lowest BCUT2D eigenvalue weighted by Crippen LogP contribution is -2.49. The second-order valence-corrected chi connectivity index (χ2v) is 8.41. The van der Waals surface area contributed by atoms with E-state index in [4.69, 9.17) is 14.2 Å². The predicted octanol–water partition coefficient (Wildman–Crippen LogP) is 2.58. The third-order valence-electron chi connectivity index (χ3n) is 6.47. The monoisotopic (exact) mass is 451 g/mol. The minimum absolute atomic E-state index is 0.413. The molecule has 1 aliphatic carbocycles. The lowest BCUT2D eigenvalue weighted by Gasteiger charge is -2.34. The van der Waals surface area contributed by atoms with Crippen molar-refractivity contribution in [2.24, 2.45) is 0 Å². The molecule has 2 atom stereocenters. The van der Waals surface area contributed by atoms with Crippen molar-refractivity contribution in [3.63, 3.8) is 0 Å². The number of hydrogen-bond acceptors (Lipinski definition) is 6. The van der Waals surface area contributed by atoms with Gasteiger partial charge in [-0.3, -0.25) is 9.59 Å². The summed E-state index contributed by atoms with van der Waals surface area (Å²) in [5, 5.41) is 5.65. The SMILES string of the molecule is COc1ccc2c(c1)CCC[C@]21NC(=O)N([C@H](C)C(=O)Nc2ccc3c(c2)OCCO3)C1=O. The fraction of sp³-hybridized carbons (Fsp3) is 0.375. The zero-order valence-corrected chi connectivity index (χ0v) is 18.5. The molecule has 1 saturated heterocycles. The van der Waals surface area contributed by atoms with Gasteiger partial charge < -0.3 is 24.8 Å². The fourth-order valence-electron chi connectivity index (χ4n) is 4.78. The van der Waals surface area contributed by atoms with Crippen LogP contribution in [-0.2, 0) is 21.5 Å². The van der Waals surface area contributed by atoms with Crippen molar-refractivity contribution in [3.05, 3.63) is 47.5 Å². The Morgan fingerprint density at radius 1 is 1.15 bits per heavy atom. The van der Waals surface area contributed by atoms with E-state index in [2.05, 4.69) is 10.6 Å². The van der Waals surface area contributed by atoms with Crippen molar-refractivity contribution in [1.29, 1.82) is 0 Å². The molecule has 0 unspecified atom stereocenters. The van der Waals surface area contributed by atoms with Gasteiger partial charge in [0.2, 0.25) is 5.91 Å². The second kappa shape index (κ2) is 7.99. The topological polar surface area (TPSA) is 106 Å². The van der Waals surface area contributed by atoms with Crippen LogP contribution < -0.4 is 24.8 Å². The van der Waals surface area contributed by atoms with E-state index < -0.39 is 29.4 Å². The van der Waals surface area contributed by atoms with Gasteiger partial charge in [0.25, 0.3) is 5.91 Å². The van der Waals surface area contributed by atoms with E-state index in [0.717, 1.165) is 28.9 Å². The number of methoxy groups -OCH3 is 1. The number of urea groups is 1. The average Bonchev–Trinajstić information content (AvgIpc) is 3.07. The fourth-order valence-corrected chi connectivity index (χ4v) is 4.78. The second-order valence-electron chi connectivity index (χ2n) is 8.41. The van der Waals surface area contributed by atoms with Gasteiger partial charge in [-0.05, 0) is 61.6 Å². The molecule has 9 nitrogen and oxygen atoms in total. The van der Waals surface area contributed by atoms with Gasteiger partial charge >= 0.3 is 6.03 Å². The molecule has 3 aliphatic rings. The number of anilines is 1. The molecule has 172 valence electrons. The van der Waals surface area contributed by atoms with Gasteiger partial charge in [0.05, 0.1) is 7.11 Å². The van der Waals surface area contributed by atoms with Crippen molar-refractivity contribution >= 4 is 23.5 Å². The first-order valence-corrected chi connectivity index (χ1v) is 11.0. The minimum Gasteiger partial charge on any atom is -0.497 e. The molecule has 2 aliphatic heterocycles. The molecule has 0 aromatic heterocycles. The van der Waals surface area contributed by atoms with E-state index in [9.17, 15) is 14.4 Å². The van der Waals surface area contributed by atoms with E-state index in [1.54, 1.807) is 38.3 Å². The van der Waals surface area contributed by atoms with Crippen LogP contribution in [0.5, 0.6) is 17.2 Å². The number of carbonyl (C=O) groups excluding carboxylic acids is 3. The molecule has 4 amide bonds. The minimum atomic E-state index is -1.16. The van der Waals surface area contributed by atoms with Gasteiger partial charge in [-0.15, -0.1) is 0 Å². The summed E-state index contributed by atoms with van der Waals surface area (Å²) >= 11 is 0. The van der Waals surface area contributed by atoms with Gasteiger partial charge in [0, 0.05) is 11.8 Å². The third kappa shape index (κ3) is 3.44. The number of hydrogen-bond donors (Lipinski definition) is 2.